The van der Waals surface area contributed by atoms with Gasteiger partial charge in [0.25, 0.3) is 0 Å². The van der Waals surface area contributed by atoms with E-state index in [9.17, 15) is 5.11 Å². The van der Waals surface area contributed by atoms with Gasteiger partial charge in [0.1, 0.15) is 0 Å². The minimum atomic E-state index is 0.209. The van der Waals surface area contributed by atoms with Crippen molar-refractivity contribution < 1.29 is 9.84 Å². The molecule has 2 rings (SSSR count). The van der Waals surface area contributed by atoms with Crippen LogP contribution in [0, 0.1) is 5.92 Å². The van der Waals surface area contributed by atoms with Crippen molar-refractivity contribution in [2.24, 2.45) is 5.92 Å². The molecule has 1 aromatic carbocycles. The first kappa shape index (κ1) is 13.9. The van der Waals surface area contributed by atoms with Gasteiger partial charge in [0, 0.05) is 11.6 Å². The average molecular weight is 269 g/mol. The summed E-state index contributed by atoms with van der Waals surface area (Å²) in [7, 11) is 0. The van der Waals surface area contributed by atoms with Gasteiger partial charge in [0.15, 0.2) is 0 Å². The Balaban J connectivity index is 1.89. The van der Waals surface area contributed by atoms with Gasteiger partial charge >= 0.3 is 0 Å². The molecule has 0 aromatic heterocycles. The highest BCUT2D eigenvalue weighted by Crippen LogP contribution is 2.26. The van der Waals surface area contributed by atoms with E-state index in [0.717, 1.165) is 30.7 Å². The van der Waals surface area contributed by atoms with Crippen LogP contribution < -0.4 is 0 Å². The number of aliphatic hydroxyl groups excluding tert-OH is 1. The van der Waals surface area contributed by atoms with Crippen molar-refractivity contribution in [3.8, 4) is 0 Å². The molecular weight excluding hydrogens is 248 g/mol. The zero-order chi connectivity index (χ0) is 13.0. The lowest BCUT2D eigenvalue weighted by atomic mass is 9.93. The van der Waals surface area contributed by atoms with Crippen LogP contribution in [-0.4, -0.2) is 23.9 Å². The second-order valence-electron chi connectivity index (χ2n) is 5.26. The summed E-state index contributed by atoms with van der Waals surface area (Å²) < 4.78 is 5.82. The Bertz CT molecular complexity index is 381. The highest BCUT2D eigenvalue weighted by atomic mass is 35.5. The number of rotatable bonds is 5. The van der Waals surface area contributed by atoms with Gasteiger partial charge in [0.05, 0.1) is 12.2 Å². The maximum absolute atomic E-state index is 9.49. The molecule has 0 spiro atoms. The molecule has 1 saturated heterocycles. The summed E-state index contributed by atoms with van der Waals surface area (Å²) in [6.07, 6.45) is 4.75. The molecule has 3 atom stereocenters. The minimum Gasteiger partial charge on any atom is -0.396 e. The van der Waals surface area contributed by atoms with Crippen molar-refractivity contribution in [3.05, 3.63) is 34.9 Å². The fraction of sp³-hybridized carbons (Fsp3) is 0.600. The van der Waals surface area contributed by atoms with Gasteiger partial charge in [-0.2, -0.15) is 0 Å². The van der Waals surface area contributed by atoms with E-state index in [-0.39, 0.29) is 12.5 Å². The molecule has 3 heteroatoms. The molecule has 1 aliphatic heterocycles. The third-order valence-electron chi connectivity index (χ3n) is 3.59. The highest BCUT2D eigenvalue weighted by Gasteiger charge is 2.24. The van der Waals surface area contributed by atoms with Crippen LogP contribution in [0.2, 0.25) is 5.02 Å². The molecule has 1 aliphatic rings. The molecule has 0 aliphatic carbocycles. The molecule has 1 heterocycles. The number of benzene rings is 1. The highest BCUT2D eigenvalue weighted by molar-refractivity contribution is 6.30. The predicted octanol–water partition coefficient (Wildman–Crippen LogP) is 3.45. The first-order chi connectivity index (χ1) is 8.67. The minimum absolute atomic E-state index is 0.209. The van der Waals surface area contributed by atoms with Gasteiger partial charge in [-0.25, -0.2) is 0 Å². The van der Waals surface area contributed by atoms with E-state index in [1.54, 1.807) is 0 Å². The van der Waals surface area contributed by atoms with E-state index in [1.165, 1.54) is 5.56 Å². The first-order valence-electron chi connectivity index (χ1n) is 6.68. The van der Waals surface area contributed by atoms with E-state index >= 15 is 0 Å². The molecule has 0 bridgehead atoms. The van der Waals surface area contributed by atoms with Crippen LogP contribution in [0.4, 0.5) is 0 Å². The van der Waals surface area contributed by atoms with Gasteiger partial charge in [-0.3, -0.25) is 0 Å². The molecule has 0 saturated carbocycles. The lowest BCUT2D eigenvalue weighted by molar-refractivity contribution is 0.0338. The fourth-order valence-electron chi connectivity index (χ4n) is 2.65. The van der Waals surface area contributed by atoms with Crippen LogP contribution in [0.15, 0.2) is 24.3 Å². The Hall–Kier alpha value is -0.570. The molecule has 1 aromatic rings. The Morgan fingerprint density at radius 2 is 2.28 bits per heavy atom. The van der Waals surface area contributed by atoms with Crippen molar-refractivity contribution in [2.75, 3.05) is 6.61 Å². The quantitative estimate of drug-likeness (QED) is 0.886. The van der Waals surface area contributed by atoms with Gasteiger partial charge in [-0.15, -0.1) is 0 Å². The largest absolute Gasteiger partial charge is 0.396 e. The van der Waals surface area contributed by atoms with Crippen molar-refractivity contribution in [3.63, 3.8) is 0 Å². The summed E-state index contributed by atoms with van der Waals surface area (Å²) in [5.41, 5.74) is 1.19. The number of halogens is 1. The summed E-state index contributed by atoms with van der Waals surface area (Å²) in [5, 5.41) is 10.3. The summed E-state index contributed by atoms with van der Waals surface area (Å²) >= 11 is 5.97. The first-order valence-corrected chi connectivity index (χ1v) is 7.06. The summed E-state index contributed by atoms with van der Waals surface area (Å²) in [5.74, 6) is 0.263. The SMILES string of the molecule is CC1CCC(CC(CO)Cc2cccc(Cl)c2)O1. The van der Waals surface area contributed by atoms with Crippen molar-refractivity contribution >= 4 is 11.6 Å². The van der Waals surface area contributed by atoms with Crippen LogP contribution in [0.25, 0.3) is 0 Å². The van der Waals surface area contributed by atoms with Crippen molar-refractivity contribution in [1.29, 1.82) is 0 Å². The molecule has 1 N–H and O–H groups in total. The topological polar surface area (TPSA) is 29.5 Å². The molecule has 1 fully saturated rings. The number of aliphatic hydroxyl groups is 1. The second kappa shape index (κ2) is 6.55. The van der Waals surface area contributed by atoms with Crippen molar-refractivity contribution in [1.82, 2.24) is 0 Å². The van der Waals surface area contributed by atoms with Gasteiger partial charge in [0.2, 0.25) is 0 Å². The van der Waals surface area contributed by atoms with Crippen LogP contribution in [-0.2, 0) is 11.2 Å². The molecule has 0 amide bonds. The van der Waals surface area contributed by atoms with Gasteiger partial charge in [-0.1, -0.05) is 23.7 Å². The van der Waals surface area contributed by atoms with Gasteiger partial charge in [-0.05, 0) is 56.2 Å². The Morgan fingerprint density at radius 3 is 2.89 bits per heavy atom. The van der Waals surface area contributed by atoms with E-state index < -0.39 is 0 Å². The monoisotopic (exact) mass is 268 g/mol. The Morgan fingerprint density at radius 1 is 1.44 bits per heavy atom. The van der Waals surface area contributed by atoms with E-state index in [0.29, 0.717) is 12.2 Å². The third kappa shape index (κ3) is 3.98. The van der Waals surface area contributed by atoms with Crippen LogP contribution in [0.5, 0.6) is 0 Å². The fourth-order valence-corrected chi connectivity index (χ4v) is 2.86. The zero-order valence-corrected chi connectivity index (χ0v) is 11.6. The third-order valence-corrected chi connectivity index (χ3v) is 3.82. The van der Waals surface area contributed by atoms with Gasteiger partial charge < -0.3 is 9.84 Å². The lowest BCUT2D eigenvalue weighted by Gasteiger charge is -2.19. The maximum Gasteiger partial charge on any atom is 0.0583 e. The normalized spacial score (nSPS) is 25.3. The standard InChI is InChI=1S/C15H21ClO2/c1-11-5-6-15(18-11)9-13(10-17)7-12-3-2-4-14(16)8-12/h2-4,8,11,13,15,17H,5-7,9-10H2,1H3. The second-order valence-corrected chi connectivity index (χ2v) is 5.70. The molecule has 2 nitrogen and oxygen atoms in total. The maximum atomic E-state index is 9.49. The zero-order valence-electron chi connectivity index (χ0n) is 10.8. The van der Waals surface area contributed by atoms with E-state index in [1.807, 2.05) is 18.2 Å². The molecular formula is C15H21ClO2. The molecule has 3 unspecified atom stereocenters. The number of hydrogen-bond acceptors (Lipinski definition) is 2. The smallest absolute Gasteiger partial charge is 0.0583 e. The predicted molar refractivity (Wildman–Crippen MR) is 73.9 cm³/mol. The van der Waals surface area contributed by atoms with Crippen LogP contribution in [0.3, 0.4) is 0 Å². The molecule has 100 valence electrons. The van der Waals surface area contributed by atoms with Crippen LogP contribution in [0.1, 0.15) is 31.7 Å². The Labute approximate surface area is 114 Å². The summed E-state index contributed by atoms with van der Waals surface area (Å²) in [6, 6.07) is 7.87. The average Bonchev–Trinajstić information content (AvgIpc) is 2.74. The van der Waals surface area contributed by atoms with E-state index in [4.69, 9.17) is 16.3 Å². The van der Waals surface area contributed by atoms with E-state index in [2.05, 4.69) is 13.0 Å². The Kier molecular flexibility index (Phi) is 5.04. The number of ether oxygens (including phenoxy) is 1. The van der Waals surface area contributed by atoms with Crippen LogP contribution >= 0.6 is 11.6 Å². The lowest BCUT2D eigenvalue weighted by Crippen LogP contribution is -2.19. The number of hydrogen-bond donors (Lipinski definition) is 1. The summed E-state index contributed by atoms with van der Waals surface area (Å²) in [6.45, 7) is 2.33. The molecule has 0 radical (unpaired) electrons. The van der Waals surface area contributed by atoms with Crippen molar-refractivity contribution in [2.45, 2.75) is 44.8 Å². The molecule has 18 heavy (non-hydrogen) atoms. The summed E-state index contributed by atoms with van der Waals surface area (Å²) in [4.78, 5) is 0.